The molecule has 208 valence electrons. The fourth-order valence-electron chi connectivity index (χ4n) is 4.14. The van der Waals surface area contributed by atoms with Crippen LogP contribution < -0.4 is 25.5 Å². The van der Waals surface area contributed by atoms with Gasteiger partial charge in [-0.3, -0.25) is 5.43 Å². The van der Waals surface area contributed by atoms with Crippen molar-refractivity contribution in [3.8, 4) is 17.1 Å². The minimum absolute atomic E-state index is 0.167. The van der Waals surface area contributed by atoms with Crippen molar-refractivity contribution in [3.05, 3.63) is 24.3 Å². The van der Waals surface area contributed by atoms with E-state index in [1.807, 2.05) is 6.07 Å². The van der Waals surface area contributed by atoms with Gasteiger partial charge in [0.15, 0.2) is 5.82 Å². The van der Waals surface area contributed by atoms with E-state index >= 15 is 0 Å². The van der Waals surface area contributed by atoms with Crippen molar-refractivity contribution in [1.82, 2.24) is 20.1 Å². The van der Waals surface area contributed by atoms with Crippen LogP contribution in [0.3, 0.4) is 0 Å². The summed E-state index contributed by atoms with van der Waals surface area (Å²) in [7, 11) is 0. The van der Waals surface area contributed by atoms with Gasteiger partial charge in [-0.25, -0.2) is 15.4 Å². The lowest BCUT2D eigenvalue weighted by Crippen LogP contribution is -2.44. The Morgan fingerprint density at radius 2 is 1.62 bits per heavy atom. The molecule has 1 aromatic heterocycles. The molecule has 37 heavy (non-hydrogen) atoms. The molecule has 0 radical (unpaired) electrons. The average molecular weight is 553 g/mol. The van der Waals surface area contributed by atoms with E-state index in [9.17, 15) is 9.00 Å². The number of amides is 2. The van der Waals surface area contributed by atoms with Crippen molar-refractivity contribution in [2.45, 2.75) is 110 Å². The second-order valence-corrected chi connectivity index (χ2v) is 10.8. The normalized spacial score (nSPS) is 11.9. The number of nitrogens with one attached hydrogen (secondary N) is 3. The van der Waals surface area contributed by atoms with Crippen LogP contribution in [0, 0.1) is 0 Å². The summed E-state index contributed by atoms with van der Waals surface area (Å²) in [6.07, 6.45) is 16.9. The Morgan fingerprint density at radius 1 is 1.00 bits per heavy atom. The number of urea groups is 1. The quantitative estimate of drug-likeness (QED) is 0.108. The second-order valence-electron chi connectivity index (χ2n) is 9.33. The van der Waals surface area contributed by atoms with Gasteiger partial charge >= 0.3 is 6.03 Å². The molecule has 0 fully saturated rings. The SMILES string of the molecule is CCCCCCCCC(CCCCCCCC)NC(=O)NNc1nc(-c2cccc(OS(N)=O)c2)ns1. The summed E-state index contributed by atoms with van der Waals surface area (Å²) in [6, 6.07) is 6.77. The highest BCUT2D eigenvalue weighted by atomic mass is 32.2. The Morgan fingerprint density at radius 3 is 2.24 bits per heavy atom. The van der Waals surface area contributed by atoms with Crippen LogP contribution in [0.1, 0.15) is 104 Å². The molecular formula is C26H44N6O3S2. The number of carbonyl (C=O) groups is 1. The molecule has 0 bridgehead atoms. The first-order chi connectivity index (χ1) is 18.0. The van der Waals surface area contributed by atoms with Crippen LogP contribution in [0.5, 0.6) is 5.75 Å². The summed E-state index contributed by atoms with van der Waals surface area (Å²) in [4.78, 5) is 17.0. The third kappa shape index (κ3) is 13.8. The maximum atomic E-state index is 12.6. The summed E-state index contributed by atoms with van der Waals surface area (Å²) in [5, 5.41) is 8.79. The molecule has 0 aliphatic heterocycles. The first-order valence-corrected chi connectivity index (χ1v) is 15.5. The summed E-state index contributed by atoms with van der Waals surface area (Å²) >= 11 is -0.773. The van der Waals surface area contributed by atoms with Gasteiger partial charge < -0.3 is 9.50 Å². The van der Waals surface area contributed by atoms with E-state index in [4.69, 9.17) is 9.32 Å². The molecule has 2 rings (SSSR count). The highest BCUT2D eigenvalue weighted by Crippen LogP contribution is 2.24. The summed E-state index contributed by atoms with van der Waals surface area (Å²) in [5.41, 5.74) is 6.23. The minimum atomic E-state index is -1.90. The van der Waals surface area contributed by atoms with E-state index in [0.717, 1.165) is 37.2 Å². The molecule has 0 spiro atoms. The van der Waals surface area contributed by atoms with Crippen molar-refractivity contribution in [2.75, 3.05) is 5.43 Å². The maximum absolute atomic E-state index is 12.6. The highest BCUT2D eigenvalue weighted by molar-refractivity contribution is 7.78. The smallest absolute Gasteiger partial charge is 0.333 e. The molecule has 11 heteroatoms. The number of aromatic nitrogens is 2. The number of anilines is 1. The fourth-order valence-corrected chi connectivity index (χ4v) is 4.97. The van der Waals surface area contributed by atoms with Crippen molar-refractivity contribution >= 4 is 34.0 Å². The lowest BCUT2D eigenvalue weighted by molar-refractivity contribution is 0.236. The molecule has 0 aliphatic rings. The van der Waals surface area contributed by atoms with Gasteiger partial charge in [-0.1, -0.05) is 103 Å². The van der Waals surface area contributed by atoms with Gasteiger partial charge in [0.1, 0.15) is 5.75 Å². The van der Waals surface area contributed by atoms with Gasteiger partial charge in [-0.2, -0.15) is 13.6 Å². The van der Waals surface area contributed by atoms with E-state index < -0.39 is 11.3 Å². The minimum Gasteiger partial charge on any atom is -0.389 e. The molecule has 2 aromatic rings. The van der Waals surface area contributed by atoms with E-state index in [1.54, 1.807) is 18.2 Å². The largest absolute Gasteiger partial charge is 0.389 e. The van der Waals surface area contributed by atoms with Gasteiger partial charge in [-0.15, -0.1) is 0 Å². The lowest BCUT2D eigenvalue weighted by Gasteiger charge is -2.19. The van der Waals surface area contributed by atoms with Gasteiger partial charge in [0, 0.05) is 23.1 Å². The third-order valence-corrected chi connectivity index (χ3v) is 7.11. The van der Waals surface area contributed by atoms with Crippen LogP contribution in [0.25, 0.3) is 11.4 Å². The zero-order valence-electron chi connectivity index (χ0n) is 22.3. The van der Waals surface area contributed by atoms with Crippen molar-refractivity contribution in [2.24, 2.45) is 5.14 Å². The number of hydrogen-bond acceptors (Lipinski definition) is 7. The van der Waals surface area contributed by atoms with E-state index in [1.165, 1.54) is 64.2 Å². The van der Waals surface area contributed by atoms with Crippen molar-refractivity contribution < 1.29 is 13.2 Å². The van der Waals surface area contributed by atoms with Crippen LogP contribution in [-0.4, -0.2) is 25.6 Å². The van der Waals surface area contributed by atoms with Crippen molar-refractivity contribution in [3.63, 3.8) is 0 Å². The molecule has 1 aromatic carbocycles. The number of nitrogens with two attached hydrogens (primary N) is 1. The van der Waals surface area contributed by atoms with E-state index in [2.05, 4.69) is 39.4 Å². The number of unbranched alkanes of at least 4 members (excludes halogenated alkanes) is 10. The third-order valence-electron chi connectivity index (χ3n) is 6.13. The predicted molar refractivity (Wildman–Crippen MR) is 153 cm³/mol. The van der Waals surface area contributed by atoms with Crippen molar-refractivity contribution in [1.29, 1.82) is 0 Å². The van der Waals surface area contributed by atoms with Gasteiger partial charge in [0.05, 0.1) is 0 Å². The van der Waals surface area contributed by atoms with E-state index in [-0.39, 0.29) is 12.1 Å². The molecule has 0 aliphatic carbocycles. The molecule has 2 amide bonds. The highest BCUT2D eigenvalue weighted by Gasteiger charge is 2.13. The number of benzene rings is 1. The molecule has 9 nitrogen and oxygen atoms in total. The topological polar surface area (TPSA) is 131 Å². The van der Waals surface area contributed by atoms with Gasteiger partial charge in [-0.05, 0) is 25.0 Å². The zero-order chi connectivity index (χ0) is 26.7. The zero-order valence-corrected chi connectivity index (χ0v) is 23.9. The molecular weight excluding hydrogens is 508 g/mol. The van der Waals surface area contributed by atoms with Crippen LogP contribution in [0.4, 0.5) is 9.93 Å². The first-order valence-electron chi connectivity index (χ1n) is 13.6. The summed E-state index contributed by atoms with van der Waals surface area (Å²) in [5.74, 6) is 0.828. The molecule has 0 saturated heterocycles. The number of hydrazine groups is 1. The maximum Gasteiger partial charge on any atom is 0.333 e. The monoisotopic (exact) mass is 552 g/mol. The predicted octanol–water partition coefficient (Wildman–Crippen LogP) is 6.62. The Bertz CT molecular complexity index is 911. The number of rotatable bonds is 20. The summed E-state index contributed by atoms with van der Waals surface area (Å²) in [6.45, 7) is 4.46. The Balaban J connectivity index is 1.81. The summed E-state index contributed by atoms with van der Waals surface area (Å²) < 4.78 is 20.4. The molecule has 1 heterocycles. The van der Waals surface area contributed by atoms with E-state index in [0.29, 0.717) is 22.3 Å². The van der Waals surface area contributed by atoms with Gasteiger partial charge in [0.25, 0.3) is 11.3 Å². The van der Waals surface area contributed by atoms with Crippen LogP contribution >= 0.6 is 11.5 Å². The average Bonchev–Trinajstić information content (AvgIpc) is 3.36. The molecule has 1 unspecified atom stereocenters. The number of nitrogens with zero attached hydrogens (tertiary/aromatic N) is 2. The van der Waals surface area contributed by atoms with Crippen LogP contribution in [0.15, 0.2) is 24.3 Å². The first kappa shape index (κ1) is 31.0. The number of carbonyl (C=O) groups excluding carboxylic acids is 1. The van der Waals surface area contributed by atoms with Gasteiger partial charge in [0.2, 0.25) is 5.13 Å². The molecule has 5 N–H and O–H groups in total. The Kier molecular flexibility index (Phi) is 15.8. The lowest BCUT2D eigenvalue weighted by atomic mass is 10.00. The standard InChI is InChI=1S/C26H44N6O3S2/c1-3-5-7-9-11-13-17-22(18-14-12-10-8-6-4-2)28-25(33)30-31-26-29-24(32-36-26)21-16-15-19-23(20-21)35-37(27)34/h15-16,19-20,22H,3-14,17-18,27H2,1-2H3,(H2,28,30,33)(H,29,31,32). The number of hydrogen-bond donors (Lipinski definition) is 4. The van der Waals surface area contributed by atoms with Crippen LogP contribution in [-0.2, 0) is 11.3 Å². The molecule has 1 atom stereocenters. The Labute approximate surface area is 228 Å². The molecule has 0 saturated carbocycles. The second kappa shape index (κ2) is 18.9. The Hall–Kier alpha value is -2.24. The fraction of sp³-hybridized carbons (Fsp3) is 0.654. The van der Waals surface area contributed by atoms with Crippen LogP contribution in [0.2, 0.25) is 0 Å².